The van der Waals surface area contributed by atoms with E-state index in [1.807, 2.05) is 0 Å². The van der Waals surface area contributed by atoms with Crippen LogP contribution >= 0.6 is 0 Å². The third-order valence-corrected chi connectivity index (χ3v) is 9.68. The fourth-order valence-electron chi connectivity index (χ4n) is 8.13. The number of rotatable bonds is 5. The Labute approximate surface area is 173 Å². The molecular formula is C25H44N2O. The summed E-state index contributed by atoms with van der Waals surface area (Å²) in [4.78, 5) is 5.03. The van der Waals surface area contributed by atoms with Crippen molar-refractivity contribution in [3.8, 4) is 0 Å². The Balaban J connectivity index is 1.49. The molecule has 4 rings (SSSR count). The Morgan fingerprint density at radius 1 is 1.00 bits per heavy atom. The molecule has 4 aliphatic carbocycles. The quantitative estimate of drug-likeness (QED) is 0.699. The van der Waals surface area contributed by atoms with Crippen LogP contribution in [0.15, 0.2) is 11.6 Å². The summed E-state index contributed by atoms with van der Waals surface area (Å²) in [6, 6.07) is 0.770. The third-order valence-electron chi connectivity index (χ3n) is 9.68. The highest BCUT2D eigenvalue weighted by atomic mass is 16.3. The molecule has 160 valence electrons. The molecule has 7 atom stereocenters. The predicted molar refractivity (Wildman–Crippen MR) is 117 cm³/mol. The summed E-state index contributed by atoms with van der Waals surface area (Å²) in [5, 5.41) is 10.2. The predicted octanol–water partition coefficient (Wildman–Crippen LogP) is 4.56. The van der Waals surface area contributed by atoms with Crippen LogP contribution in [0.25, 0.3) is 0 Å². The molecule has 4 aliphatic rings. The van der Waals surface area contributed by atoms with E-state index in [-0.39, 0.29) is 6.10 Å². The van der Waals surface area contributed by atoms with E-state index in [9.17, 15) is 5.11 Å². The fourth-order valence-corrected chi connectivity index (χ4v) is 8.13. The standard InChI is InChI=1S/C25H44N2O/c1-24-13-11-19(28)17-18(24)7-8-20-21-9-10-23(25(21,2)14-12-22(20)24)27(5)16-6-15-26(3)4/h7,19-23,28H,6,8-17H2,1-5H3/t19?,20-,21-,22+,23?,24+,25+/m1/s1. The van der Waals surface area contributed by atoms with E-state index < -0.39 is 0 Å². The Morgan fingerprint density at radius 3 is 2.54 bits per heavy atom. The number of allylic oxidation sites excluding steroid dienone is 1. The molecule has 3 heteroatoms. The number of hydrogen-bond donors (Lipinski definition) is 1. The molecule has 1 N–H and O–H groups in total. The lowest BCUT2D eigenvalue weighted by Gasteiger charge is -2.58. The SMILES string of the molecule is CN(C)CCCN(C)C1CC[C@@H]2[C@H]3CC=C4CC(O)CC[C@]4(C)[C@H]3CC[C@]12C. The molecule has 3 fully saturated rings. The first-order valence-electron chi connectivity index (χ1n) is 12.0. The fraction of sp³-hybridized carbons (Fsp3) is 0.920. The third kappa shape index (κ3) is 3.40. The molecule has 3 nitrogen and oxygen atoms in total. The molecule has 0 spiro atoms. The molecule has 2 unspecified atom stereocenters. The van der Waals surface area contributed by atoms with Crippen molar-refractivity contribution in [3.05, 3.63) is 11.6 Å². The number of fused-ring (bicyclic) bond motifs is 5. The first kappa shape index (κ1) is 20.9. The molecule has 0 bridgehead atoms. The van der Waals surface area contributed by atoms with Gasteiger partial charge in [-0.1, -0.05) is 25.5 Å². The van der Waals surface area contributed by atoms with Gasteiger partial charge >= 0.3 is 0 Å². The van der Waals surface area contributed by atoms with Gasteiger partial charge in [-0.15, -0.1) is 0 Å². The maximum Gasteiger partial charge on any atom is 0.0577 e. The van der Waals surface area contributed by atoms with Crippen molar-refractivity contribution in [2.45, 2.75) is 83.8 Å². The second-order valence-electron chi connectivity index (χ2n) is 11.4. The van der Waals surface area contributed by atoms with Crippen LogP contribution in [-0.2, 0) is 0 Å². The molecule has 0 aromatic heterocycles. The second-order valence-corrected chi connectivity index (χ2v) is 11.4. The summed E-state index contributed by atoms with van der Waals surface area (Å²) in [5.74, 6) is 2.63. The van der Waals surface area contributed by atoms with Crippen molar-refractivity contribution in [2.75, 3.05) is 34.2 Å². The molecule has 3 saturated carbocycles. The van der Waals surface area contributed by atoms with Gasteiger partial charge in [0.2, 0.25) is 0 Å². The average molecular weight is 389 g/mol. The second kappa shape index (κ2) is 7.71. The van der Waals surface area contributed by atoms with Gasteiger partial charge in [0.1, 0.15) is 0 Å². The monoisotopic (exact) mass is 388 g/mol. The van der Waals surface area contributed by atoms with Crippen molar-refractivity contribution < 1.29 is 5.11 Å². The van der Waals surface area contributed by atoms with Gasteiger partial charge in [0.05, 0.1) is 6.10 Å². The van der Waals surface area contributed by atoms with Crippen LogP contribution in [-0.4, -0.2) is 61.3 Å². The number of aliphatic hydroxyl groups excluding tert-OH is 1. The van der Waals surface area contributed by atoms with Gasteiger partial charge in [-0.3, -0.25) is 0 Å². The first-order valence-corrected chi connectivity index (χ1v) is 12.0. The van der Waals surface area contributed by atoms with E-state index in [2.05, 4.69) is 50.9 Å². The normalized spacial score (nSPS) is 45.6. The molecular weight excluding hydrogens is 344 g/mol. The van der Waals surface area contributed by atoms with E-state index in [1.165, 1.54) is 58.0 Å². The van der Waals surface area contributed by atoms with Crippen LogP contribution in [0.3, 0.4) is 0 Å². The number of nitrogens with zero attached hydrogens (tertiary/aromatic N) is 2. The van der Waals surface area contributed by atoms with Crippen molar-refractivity contribution in [1.29, 1.82) is 0 Å². The van der Waals surface area contributed by atoms with Crippen molar-refractivity contribution in [3.63, 3.8) is 0 Å². The summed E-state index contributed by atoms with van der Waals surface area (Å²) in [7, 11) is 6.76. The summed E-state index contributed by atoms with van der Waals surface area (Å²) in [6.07, 6.45) is 13.8. The van der Waals surface area contributed by atoms with Crippen LogP contribution in [0.4, 0.5) is 0 Å². The largest absolute Gasteiger partial charge is 0.393 e. The van der Waals surface area contributed by atoms with Gasteiger partial charge in [0.25, 0.3) is 0 Å². The van der Waals surface area contributed by atoms with E-state index in [0.29, 0.717) is 10.8 Å². The van der Waals surface area contributed by atoms with Crippen molar-refractivity contribution >= 4 is 0 Å². The molecule has 0 aromatic carbocycles. The zero-order chi connectivity index (χ0) is 20.1. The minimum absolute atomic E-state index is 0.0867. The van der Waals surface area contributed by atoms with Crippen molar-refractivity contribution in [1.82, 2.24) is 9.80 Å². The van der Waals surface area contributed by atoms with Crippen LogP contribution in [0, 0.1) is 28.6 Å². The minimum Gasteiger partial charge on any atom is -0.393 e. The van der Waals surface area contributed by atoms with Crippen LogP contribution in [0.5, 0.6) is 0 Å². The average Bonchev–Trinajstić information content (AvgIpc) is 2.99. The van der Waals surface area contributed by atoms with Crippen LogP contribution in [0.2, 0.25) is 0 Å². The van der Waals surface area contributed by atoms with Gasteiger partial charge < -0.3 is 14.9 Å². The topological polar surface area (TPSA) is 26.7 Å². The first-order chi connectivity index (χ1) is 13.3. The zero-order valence-corrected chi connectivity index (χ0v) is 19.1. The van der Waals surface area contributed by atoms with Gasteiger partial charge in [-0.05, 0) is 121 Å². The van der Waals surface area contributed by atoms with Crippen molar-refractivity contribution in [2.24, 2.45) is 28.6 Å². The Kier molecular flexibility index (Phi) is 5.74. The molecule has 28 heavy (non-hydrogen) atoms. The molecule has 0 radical (unpaired) electrons. The highest BCUT2D eigenvalue weighted by Gasteiger charge is 2.59. The van der Waals surface area contributed by atoms with Crippen LogP contribution < -0.4 is 0 Å². The van der Waals surface area contributed by atoms with Gasteiger partial charge in [0.15, 0.2) is 0 Å². The number of hydrogen-bond acceptors (Lipinski definition) is 3. The summed E-state index contributed by atoms with van der Waals surface area (Å²) in [6.45, 7) is 7.61. The molecule has 0 amide bonds. The summed E-state index contributed by atoms with van der Waals surface area (Å²) in [5.41, 5.74) is 2.48. The van der Waals surface area contributed by atoms with Crippen LogP contribution in [0.1, 0.15) is 71.6 Å². The summed E-state index contributed by atoms with van der Waals surface area (Å²) < 4.78 is 0. The minimum atomic E-state index is -0.0867. The Bertz CT molecular complexity index is 601. The molecule has 0 aromatic rings. The molecule has 0 aliphatic heterocycles. The van der Waals surface area contributed by atoms with Gasteiger partial charge in [-0.25, -0.2) is 0 Å². The van der Waals surface area contributed by atoms with Gasteiger partial charge in [-0.2, -0.15) is 0 Å². The highest BCUT2D eigenvalue weighted by molar-refractivity contribution is 5.25. The Morgan fingerprint density at radius 2 is 1.79 bits per heavy atom. The number of aliphatic hydroxyl groups is 1. The lowest BCUT2D eigenvalue weighted by atomic mass is 9.48. The van der Waals surface area contributed by atoms with Gasteiger partial charge in [0, 0.05) is 6.04 Å². The van der Waals surface area contributed by atoms with E-state index in [0.717, 1.165) is 36.6 Å². The van der Waals surface area contributed by atoms with E-state index in [4.69, 9.17) is 0 Å². The lowest BCUT2D eigenvalue weighted by Crippen LogP contribution is -2.53. The smallest absolute Gasteiger partial charge is 0.0577 e. The zero-order valence-electron chi connectivity index (χ0n) is 19.1. The maximum absolute atomic E-state index is 10.2. The van der Waals surface area contributed by atoms with E-state index in [1.54, 1.807) is 5.57 Å². The highest BCUT2D eigenvalue weighted by Crippen LogP contribution is 2.65. The van der Waals surface area contributed by atoms with E-state index >= 15 is 0 Å². The lowest BCUT2D eigenvalue weighted by molar-refractivity contribution is -0.0565. The summed E-state index contributed by atoms with van der Waals surface area (Å²) >= 11 is 0. The molecule has 0 heterocycles. The maximum atomic E-state index is 10.2. The molecule has 0 saturated heterocycles. The Hall–Kier alpha value is -0.380.